The number of anilines is 1. The number of alkyl halides is 2. The van der Waals surface area contributed by atoms with Crippen LogP contribution in [0.4, 0.5) is 14.6 Å². The molecule has 0 bridgehead atoms. The van der Waals surface area contributed by atoms with Gasteiger partial charge in [-0.1, -0.05) is 0 Å². The van der Waals surface area contributed by atoms with E-state index in [-0.39, 0.29) is 18.9 Å². The van der Waals surface area contributed by atoms with Gasteiger partial charge in [-0.15, -0.1) is 0 Å². The summed E-state index contributed by atoms with van der Waals surface area (Å²) in [5.74, 6) is -1.06. The summed E-state index contributed by atoms with van der Waals surface area (Å²) in [4.78, 5) is 8.18. The van der Waals surface area contributed by atoms with Crippen LogP contribution in [-0.2, 0) is 0 Å². The van der Waals surface area contributed by atoms with Crippen molar-refractivity contribution in [2.45, 2.75) is 44.6 Å². The third-order valence-electron chi connectivity index (χ3n) is 2.85. The molecule has 88 valence electrons. The third-order valence-corrected chi connectivity index (χ3v) is 2.85. The molecule has 0 spiro atoms. The van der Waals surface area contributed by atoms with Crippen molar-refractivity contribution in [1.82, 2.24) is 9.97 Å². The minimum Gasteiger partial charge on any atom is -0.367 e. The highest BCUT2D eigenvalue weighted by atomic mass is 19.3. The van der Waals surface area contributed by atoms with Crippen molar-refractivity contribution in [3.8, 4) is 0 Å². The lowest BCUT2D eigenvalue weighted by molar-refractivity contribution is -0.0361. The minimum absolute atomic E-state index is 0.0330. The Bertz CT molecular complexity index is 358. The second-order valence-corrected chi connectivity index (χ2v) is 4.26. The summed E-state index contributed by atoms with van der Waals surface area (Å²) in [5.41, 5.74) is 0. The zero-order chi connectivity index (χ0) is 11.6. The molecule has 3 nitrogen and oxygen atoms in total. The molecular formula is C11H15F2N3. The van der Waals surface area contributed by atoms with Crippen LogP contribution in [0.3, 0.4) is 0 Å². The van der Waals surface area contributed by atoms with Crippen molar-refractivity contribution in [3.63, 3.8) is 0 Å². The number of hydrogen-bond acceptors (Lipinski definition) is 3. The van der Waals surface area contributed by atoms with Gasteiger partial charge in [-0.3, -0.25) is 0 Å². The Labute approximate surface area is 93.3 Å². The van der Waals surface area contributed by atoms with Gasteiger partial charge in [-0.2, -0.15) is 0 Å². The molecule has 1 saturated carbocycles. The Hall–Kier alpha value is -1.26. The molecule has 0 saturated heterocycles. The van der Waals surface area contributed by atoms with E-state index in [9.17, 15) is 8.78 Å². The van der Waals surface area contributed by atoms with Crippen LogP contribution in [0, 0.1) is 6.92 Å². The molecule has 0 atom stereocenters. The van der Waals surface area contributed by atoms with Gasteiger partial charge >= 0.3 is 0 Å². The Morgan fingerprint density at radius 3 is 2.69 bits per heavy atom. The van der Waals surface area contributed by atoms with Crippen molar-refractivity contribution in [2.24, 2.45) is 0 Å². The SMILES string of the molecule is Cc1nccc(NC2CCC(F)(F)CC2)n1. The number of nitrogens with zero attached hydrogens (tertiary/aromatic N) is 2. The van der Waals surface area contributed by atoms with Crippen molar-refractivity contribution in [1.29, 1.82) is 0 Å². The first-order chi connectivity index (χ1) is 7.55. The fourth-order valence-electron chi connectivity index (χ4n) is 1.93. The molecule has 0 amide bonds. The molecule has 0 aromatic carbocycles. The minimum atomic E-state index is -2.47. The third kappa shape index (κ3) is 2.87. The number of hydrogen-bond donors (Lipinski definition) is 1. The molecule has 1 heterocycles. The summed E-state index contributed by atoms with van der Waals surface area (Å²) in [5, 5.41) is 3.18. The molecule has 1 aliphatic rings. The van der Waals surface area contributed by atoms with Crippen LogP contribution in [-0.4, -0.2) is 21.9 Å². The van der Waals surface area contributed by atoms with Crippen LogP contribution in [0.5, 0.6) is 0 Å². The second kappa shape index (κ2) is 4.31. The van der Waals surface area contributed by atoms with Gasteiger partial charge in [0.15, 0.2) is 0 Å². The van der Waals surface area contributed by atoms with E-state index in [4.69, 9.17) is 0 Å². The smallest absolute Gasteiger partial charge is 0.248 e. The number of rotatable bonds is 2. The van der Waals surface area contributed by atoms with Gasteiger partial charge in [-0.05, 0) is 25.8 Å². The van der Waals surface area contributed by atoms with E-state index in [0.717, 1.165) is 5.82 Å². The normalized spacial score (nSPS) is 20.7. The first kappa shape index (κ1) is 11.2. The number of halogens is 2. The molecule has 0 unspecified atom stereocenters. The Morgan fingerprint density at radius 1 is 1.38 bits per heavy atom. The van der Waals surface area contributed by atoms with Crippen LogP contribution in [0.15, 0.2) is 12.3 Å². The largest absolute Gasteiger partial charge is 0.367 e. The average Bonchev–Trinajstić information content (AvgIpc) is 2.21. The molecule has 16 heavy (non-hydrogen) atoms. The quantitative estimate of drug-likeness (QED) is 0.844. The summed E-state index contributed by atoms with van der Waals surface area (Å²) in [6.45, 7) is 1.81. The van der Waals surface area contributed by atoms with E-state index in [2.05, 4.69) is 15.3 Å². The van der Waals surface area contributed by atoms with Crippen molar-refractivity contribution < 1.29 is 8.78 Å². The van der Waals surface area contributed by atoms with Gasteiger partial charge < -0.3 is 5.32 Å². The maximum atomic E-state index is 12.9. The van der Waals surface area contributed by atoms with Crippen molar-refractivity contribution >= 4 is 5.82 Å². The summed E-state index contributed by atoms with van der Waals surface area (Å²) in [7, 11) is 0. The van der Waals surface area contributed by atoms with Crippen LogP contribution >= 0.6 is 0 Å². The number of aromatic nitrogens is 2. The van der Waals surface area contributed by atoms with E-state index in [1.165, 1.54) is 0 Å². The molecule has 1 aromatic rings. The first-order valence-corrected chi connectivity index (χ1v) is 5.49. The van der Waals surface area contributed by atoms with Crippen LogP contribution in [0.25, 0.3) is 0 Å². The molecule has 5 heteroatoms. The van der Waals surface area contributed by atoms with E-state index >= 15 is 0 Å². The number of nitrogens with one attached hydrogen (secondary N) is 1. The monoisotopic (exact) mass is 227 g/mol. The highest BCUT2D eigenvalue weighted by molar-refractivity contribution is 5.34. The van der Waals surface area contributed by atoms with E-state index in [1.807, 2.05) is 0 Å². The predicted octanol–water partition coefficient (Wildman–Crippen LogP) is 2.77. The highest BCUT2D eigenvalue weighted by Gasteiger charge is 2.34. The lowest BCUT2D eigenvalue weighted by Gasteiger charge is -2.29. The summed E-state index contributed by atoms with van der Waals surface area (Å²) in [6.07, 6.45) is 2.59. The molecule has 2 rings (SSSR count). The first-order valence-electron chi connectivity index (χ1n) is 5.49. The highest BCUT2D eigenvalue weighted by Crippen LogP contribution is 2.33. The zero-order valence-electron chi connectivity index (χ0n) is 9.21. The molecule has 1 N–H and O–H groups in total. The van der Waals surface area contributed by atoms with Crippen molar-refractivity contribution in [3.05, 3.63) is 18.1 Å². The van der Waals surface area contributed by atoms with Gasteiger partial charge in [0.2, 0.25) is 5.92 Å². The summed E-state index contributed by atoms with van der Waals surface area (Å²) < 4.78 is 25.9. The van der Waals surface area contributed by atoms with Gasteiger partial charge in [0.05, 0.1) is 0 Å². The van der Waals surface area contributed by atoms with Crippen molar-refractivity contribution in [2.75, 3.05) is 5.32 Å². The zero-order valence-corrected chi connectivity index (χ0v) is 9.21. The van der Waals surface area contributed by atoms with Crippen LogP contribution < -0.4 is 5.32 Å². The average molecular weight is 227 g/mol. The molecule has 0 aliphatic heterocycles. The summed E-state index contributed by atoms with van der Waals surface area (Å²) in [6, 6.07) is 1.87. The molecule has 0 radical (unpaired) electrons. The topological polar surface area (TPSA) is 37.8 Å². The second-order valence-electron chi connectivity index (χ2n) is 4.26. The van der Waals surface area contributed by atoms with Gasteiger partial charge in [0.1, 0.15) is 11.6 Å². The maximum Gasteiger partial charge on any atom is 0.248 e. The molecule has 1 fully saturated rings. The van der Waals surface area contributed by atoms with E-state index < -0.39 is 5.92 Å². The predicted molar refractivity (Wildman–Crippen MR) is 57.6 cm³/mol. The molecule has 1 aliphatic carbocycles. The Kier molecular flexibility index (Phi) is 3.03. The van der Waals surface area contributed by atoms with Gasteiger partial charge in [0, 0.05) is 25.1 Å². The van der Waals surface area contributed by atoms with E-state index in [1.54, 1.807) is 19.2 Å². The van der Waals surface area contributed by atoms with Crippen LogP contribution in [0.2, 0.25) is 0 Å². The lowest BCUT2D eigenvalue weighted by Crippen LogP contribution is -2.32. The van der Waals surface area contributed by atoms with E-state index in [0.29, 0.717) is 18.7 Å². The lowest BCUT2D eigenvalue weighted by atomic mass is 9.92. The molecule has 1 aromatic heterocycles. The van der Waals surface area contributed by atoms with Gasteiger partial charge in [-0.25, -0.2) is 18.7 Å². The Morgan fingerprint density at radius 2 is 2.06 bits per heavy atom. The summed E-state index contributed by atoms with van der Waals surface area (Å²) >= 11 is 0. The van der Waals surface area contributed by atoms with Crippen LogP contribution in [0.1, 0.15) is 31.5 Å². The molecular weight excluding hydrogens is 212 g/mol. The fraction of sp³-hybridized carbons (Fsp3) is 0.636. The number of aryl methyl sites for hydroxylation is 1. The maximum absolute atomic E-state index is 12.9. The Balaban J connectivity index is 1.92. The fourth-order valence-corrected chi connectivity index (χ4v) is 1.93. The standard InChI is InChI=1S/C11H15F2N3/c1-8-14-7-4-10(15-8)16-9-2-5-11(12,13)6-3-9/h4,7,9H,2-3,5-6H2,1H3,(H,14,15,16). The van der Waals surface area contributed by atoms with Gasteiger partial charge in [0.25, 0.3) is 0 Å².